The van der Waals surface area contributed by atoms with Gasteiger partial charge in [0.2, 0.25) is 5.88 Å². The van der Waals surface area contributed by atoms with Gasteiger partial charge in [-0.25, -0.2) is 8.78 Å². The van der Waals surface area contributed by atoms with E-state index >= 15 is 0 Å². The van der Waals surface area contributed by atoms with E-state index in [1.165, 1.54) is 6.07 Å². The Hall–Kier alpha value is -3.35. The summed E-state index contributed by atoms with van der Waals surface area (Å²) < 4.78 is 31.4. The molecular weight excluding hydrogens is 340 g/mol. The lowest BCUT2D eigenvalue weighted by molar-refractivity contribution is 0.102. The number of hydrogen-bond acceptors (Lipinski definition) is 4. The van der Waals surface area contributed by atoms with Crippen LogP contribution in [0.2, 0.25) is 0 Å². The van der Waals surface area contributed by atoms with E-state index in [2.05, 4.69) is 15.5 Å². The zero-order chi connectivity index (χ0) is 18.5. The summed E-state index contributed by atoms with van der Waals surface area (Å²) in [5, 5.41) is 10.7. The van der Waals surface area contributed by atoms with Gasteiger partial charge in [-0.1, -0.05) is 12.1 Å². The van der Waals surface area contributed by atoms with Crippen molar-refractivity contribution in [3.05, 3.63) is 71.8 Å². The van der Waals surface area contributed by atoms with Crippen molar-refractivity contribution < 1.29 is 18.3 Å². The molecule has 0 saturated carbocycles. The fraction of sp³-hybridized carbons (Fsp3) is 0.105. The van der Waals surface area contributed by atoms with Crippen molar-refractivity contribution in [3.8, 4) is 17.1 Å². The maximum atomic E-state index is 13.2. The number of ether oxygens (including phenoxy) is 1. The minimum atomic E-state index is -1.07. The van der Waals surface area contributed by atoms with E-state index in [0.717, 1.165) is 17.7 Å². The van der Waals surface area contributed by atoms with E-state index in [9.17, 15) is 13.6 Å². The highest BCUT2D eigenvalue weighted by Crippen LogP contribution is 2.21. The first-order valence-electron chi connectivity index (χ1n) is 7.90. The van der Waals surface area contributed by atoms with Gasteiger partial charge in [-0.05, 0) is 43.3 Å². The Morgan fingerprint density at radius 3 is 2.38 bits per heavy atom. The standard InChI is InChI=1S/C19H15F2N3O2/c1-2-26-18-10-9-17(23-24-18)12-3-6-14(7-4-12)22-19(25)13-5-8-15(20)16(21)11-13/h3-11H,2H2,1H3,(H,22,25). The molecule has 2 aromatic carbocycles. The van der Waals surface area contributed by atoms with E-state index in [4.69, 9.17) is 4.74 Å². The fourth-order valence-electron chi connectivity index (χ4n) is 2.26. The summed E-state index contributed by atoms with van der Waals surface area (Å²) in [4.78, 5) is 12.1. The van der Waals surface area contributed by atoms with Crippen molar-refractivity contribution in [1.82, 2.24) is 10.2 Å². The van der Waals surface area contributed by atoms with Gasteiger partial charge in [-0.15, -0.1) is 10.2 Å². The predicted molar refractivity (Wildman–Crippen MR) is 92.9 cm³/mol. The van der Waals surface area contributed by atoms with Gasteiger partial charge in [0.1, 0.15) is 0 Å². The highest BCUT2D eigenvalue weighted by Gasteiger charge is 2.10. The van der Waals surface area contributed by atoms with Gasteiger partial charge in [0.25, 0.3) is 5.91 Å². The van der Waals surface area contributed by atoms with Crippen LogP contribution in [0.5, 0.6) is 5.88 Å². The van der Waals surface area contributed by atoms with Crippen molar-refractivity contribution in [1.29, 1.82) is 0 Å². The molecule has 0 aliphatic heterocycles. The van der Waals surface area contributed by atoms with Crippen LogP contribution in [0.15, 0.2) is 54.6 Å². The van der Waals surface area contributed by atoms with E-state index in [1.807, 2.05) is 6.92 Å². The number of anilines is 1. The zero-order valence-corrected chi connectivity index (χ0v) is 13.9. The number of nitrogens with one attached hydrogen (secondary N) is 1. The molecule has 0 atom stereocenters. The molecule has 7 heteroatoms. The van der Waals surface area contributed by atoms with Crippen LogP contribution in [0.1, 0.15) is 17.3 Å². The van der Waals surface area contributed by atoms with Gasteiger partial charge in [0.05, 0.1) is 12.3 Å². The average Bonchev–Trinajstić information content (AvgIpc) is 2.65. The molecule has 0 saturated heterocycles. The summed E-state index contributed by atoms with van der Waals surface area (Å²) in [6.45, 7) is 2.38. The molecule has 0 aliphatic carbocycles. The predicted octanol–water partition coefficient (Wildman–Crippen LogP) is 4.07. The summed E-state index contributed by atoms with van der Waals surface area (Å²) in [6, 6.07) is 13.4. The molecule has 0 spiro atoms. The lowest BCUT2D eigenvalue weighted by atomic mass is 10.1. The Labute approximate surface area is 148 Å². The fourth-order valence-corrected chi connectivity index (χ4v) is 2.26. The zero-order valence-electron chi connectivity index (χ0n) is 13.9. The van der Waals surface area contributed by atoms with E-state index in [0.29, 0.717) is 23.9 Å². The van der Waals surface area contributed by atoms with Crippen molar-refractivity contribution in [2.75, 3.05) is 11.9 Å². The smallest absolute Gasteiger partial charge is 0.255 e. The molecular formula is C19H15F2N3O2. The summed E-state index contributed by atoms with van der Waals surface area (Å²) >= 11 is 0. The van der Waals surface area contributed by atoms with Gasteiger partial charge in [0.15, 0.2) is 11.6 Å². The minimum Gasteiger partial charge on any atom is -0.477 e. The average molecular weight is 355 g/mol. The molecule has 0 unspecified atom stereocenters. The molecule has 5 nitrogen and oxygen atoms in total. The van der Waals surface area contributed by atoms with Crippen LogP contribution < -0.4 is 10.1 Å². The van der Waals surface area contributed by atoms with E-state index in [1.54, 1.807) is 36.4 Å². The summed E-state index contributed by atoms with van der Waals surface area (Å²) in [6.07, 6.45) is 0. The first-order valence-corrected chi connectivity index (χ1v) is 7.90. The molecule has 26 heavy (non-hydrogen) atoms. The monoisotopic (exact) mass is 355 g/mol. The molecule has 0 aliphatic rings. The molecule has 1 aromatic heterocycles. The number of amides is 1. The lowest BCUT2D eigenvalue weighted by Gasteiger charge is -2.07. The van der Waals surface area contributed by atoms with Gasteiger partial charge in [0, 0.05) is 22.9 Å². The second-order valence-corrected chi connectivity index (χ2v) is 5.35. The minimum absolute atomic E-state index is 0.0327. The topological polar surface area (TPSA) is 64.1 Å². The van der Waals surface area contributed by atoms with Crippen LogP contribution in [-0.2, 0) is 0 Å². The summed E-state index contributed by atoms with van der Waals surface area (Å²) in [5.41, 5.74) is 2.02. The molecule has 0 bridgehead atoms. The van der Waals surface area contributed by atoms with Crippen LogP contribution in [0.25, 0.3) is 11.3 Å². The Balaban J connectivity index is 1.70. The lowest BCUT2D eigenvalue weighted by Crippen LogP contribution is -2.12. The van der Waals surface area contributed by atoms with Crippen LogP contribution >= 0.6 is 0 Å². The molecule has 0 fully saturated rings. The van der Waals surface area contributed by atoms with Crippen molar-refractivity contribution in [2.45, 2.75) is 6.92 Å². The molecule has 0 radical (unpaired) electrons. The Morgan fingerprint density at radius 1 is 1.00 bits per heavy atom. The second-order valence-electron chi connectivity index (χ2n) is 5.35. The Kier molecular flexibility index (Phi) is 5.17. The van der Waals surface area contributed by atoms with Gasteiger partial charge in [-0.3, -0.25) is 4.79 Å². The highest BCUT2D eigenvalue weighted by atomic mass is 19.2. The number of hydrogen-bond donors (Lipinski definition) is 1. The van der Waals surface area contributed by atoms with E-state index < -0.39 is 17.5 Å². The van der Waals surface area contributed by atoms with Crippen LogP contribution in [-0.4, -0.2) is 22.7 Å². The number of carbonyl (C=O) groups is 1. The quantitative estimate of drug-likeness (QED) is 0.749. The van der Waals surface area contributed by atoms with Crippen molar-refractivity contribution in [3.63, 3.8) is 0 Å². The second kappa shape index (κ2) is 7.69. The van der Waals surface area contributed by atoms with E-state index in [-0.39, 0.29) is 5.56 Å². The molecule has 3 rings (SSSR count). The van der Waals surface area contributed by atoms with Crippen LogP contribution in [0, 0.1) is 11.6 Å². The SMILES string of the molecule is CCOc1ccc(-c2ccc(NC(=O)c3ccc(F)c(F)c3)cc2)nn1. The third-order valence-corrected chi connectivity index (χ3v) is 3.55. The maximum Gasteiger partial charge on any atom is 0.255 e. The molecule has 1 N–H and O–H groups in total. The third kappa shape index (κ3) is 4.00. The van der Waals surface area contributed by atoms with Crippen molar-refractivity contribution >= 4 is 11.6 Å². The first-order chi connectivity index (χ1) is 12.6. The number of carbonyl (C=O) groups excluding carboxylic acids is 1. The number of halogens is 2. The first kappa shape index (κ1) is 17.5. The van der Waals surface area contributed by atoms with Gasteiger partial charge < -0.3 is 10.1 Å². The normalized spacial score (nSPS) is 10.4. The third-order valence-electron chi connectivity index (χ3n) is 3.55. The maximum absolute atomic E-state index is 13.2. The highest BCUT2D eigenvalue weighted by molar-refractivity contribution is 6.04. The molecule has 1 heterocycles. The van der Waals surface area contributed by atoms with Crippen LogP contribution in [0.3, 0.4) is 0 Å². The molecule has 1 amide bonds. The number of aromatic nitrogens is 2. The molecule has 132 valence electrons. The Bertz CT molecular complexity index is 913. The van der Waals surface area contributed by atoms with Gasteiger partial charge >= 0.3 is 0 Å². The summed E-state index contributed by atoms with van der Waals surface area (Å²) in [5.74, 6) is -2.14. The van der Waals surface area contributed by atoms with Gasteiger partial charge in [-0.2, -0.15) is 0 Å². The molecule has 3 aromatic rings. The largest absolute Gasteiger partial charge is 0.477 e. The van der Waals surface area contributed by atoms with Crippen molar-refractivity contribution in [2.24, 2.45) is 0 Å². The number of benzene rings is 2. The summed E-state index contributed by atoms with van der Waals surface area (Å²) in [7, 11) is 0. The Morgan fingerprint density at radius 2 is 1.77 bits per heavy atom. The number of nitrogens with zero attached hydrogens (tertiary/aromatic N) is 2. The number of rotatable bonds is 5. The van der Waals surface area contributed by atoms with Crippen LogP contribution in [0.4, 0.5) is 14.5 Å².